The zero-order valence-electron chi connectivity index (χ0n) is 32.8. The number of ether oxygens (including phenoxy) is 4. The van der Waals surface area contributed by atoms with E-state index >= 15 is 0 Å². The van der Waals surface area contributed by atoms with Gasteiger partial charge < -0.3 is 34.5 Å². The minimum absolute atomic E-state index is 0.00834. The third-order valence-electron chi connectivity index (χ3n) is 12.6. The van der Waals surface area contributed by atoms with Crippen LogP contribution in [0.2, 0.25) is 0 Å². The van der Waals surface area contributed by atoms with Gasteiger partial charge in [-0.15, -0.1) is 0 Å². The number of carbonyl (C=O) groups excluding carboxylic acids is 3. The first-order valence-corrected chi connectivity index (χ1v) is 20.1. The number of piperidine rings is 1. The molecular weight excluding hydrogens is 725 g/mol. The normalized spacial score (nSPS) is 24.8. The zero-order valence-corrected chi connectivity index (χ0v) is 32.8. The molecule has 11 nitrogen and oxygen atoms in total. The Balaban J connectivity index is 1.19. The van der Waals surface area contributed by atoms with Gasteiger partial charge in [0.05, 0.1) is 48.9 Å². The number of hydrogen-bond acceptors (Lipinski definition) is 11. The van der Waals surface area contributed by atoms with Crippen LogP contribution in [0.25, 0.3) is 11.6 Å². The largest absolute Gasteiger partial charge is 0.496 e. The maximum Gasteiger partial charge on any atom is 0.375 e. The monoisotopic (exact) mass is 774 g/mol. The first-order valence-electron chi connectivity index (χ1n) is 20.1. The minimum atomic E-state index is -1.26. The Morgan fingerprint density at radius 2 is 1.95 bits per heavy atom. The van der Waals surface area contributed by atoms with Crippen LogP contribution in [-0.2, 0) is 38.6 Å². The van der Waals surface area contributed by atoms with Crippen LogP contribution < -0.4 is 30.1 Å². The molecule has 0 amide bonds. The van der Waals surface area contributed by atoms with Crippen molar-refractivity contribution in [2.45, 2.75) is 95.5 Å². The van der Waals surface area contributed by atoms with Crippen molar-refractivity contribution in [3.8, 4) is 17.2 Å². The van der Waals surface area contributed by atoms with E-state index in [0.29, 0.717) is 53.9 Å². The van der Waals surface area contributed by atoms with Crippen LogP contribution in [0, 0.1) is 5.92 Å². The van der Waals surface area contributed by atoms with E-state index in [0.717, 1.165) is 53.9 Å². The van der Waals surface area contributed by atoms with Crippen molar-refractivity contribution in [2.75, 3.05) is 26.8 Å². The van der Waals surface area contributed by atoms with E-state index < -0.39 is 30.2 Å². The number of aryl methyl sites for hydroxylation is 1. The molecule has 3 aromatic carbocycles. The second kappa shape index (κ2) is 16.0. The van der Waals surface area contributed by atoms with E-state index in [1.165, 1.54) is 12.7 Å². The first kappa shape index (κ1) is 38.8. The molecule has 4 heterocycles. The number of Topliss-reactive ketones (excluding diaryl/α,β-unsaturated/α-hetero) is 1. The molecule has 57 heavy (non-hydrogen) atoms. The number of methoxy groups -OCH3 is 1. The van der Waals surface area contributed by atoms with Crippen molar-refractivity contribution < 1.29 is 43.5 Å². The summed E-state index contributed by atoms with van der Waals surface area (Å²) >= 11 is 0. The molecule has 8 rings (SSSR count). The summed E-state index contributed by atoms with van der Waals surface area (Å²) in [4.78, 5) is 44.8. The Kier molecular flexibility index (Phi) is 10.9. The molecule has 1 saturated carbocycles. The number of allylic oxidation sites excluding steroid dienone is 3. The number of hydrogen-bond donors (Lipinski definition) is 3. The van der Waals surface area contributed by atoms with E-state index in [2.05, 4.69) is 34.6 Å². The van der Waals surface area contributed by atoms with Gasteiger partial charge in [-0.25, -0.2) is 4.79 Å². The number of fused-ring (bicyclic) bond motifs is 3. The number of esters is 1. The summed E-state index contributed by atoms with van der Waals surface area (Å²) in [6, 6.07) is 16.5. The summed E-state index contributed by atoms with van der Waals surface area (Å²) in [6.07, 6.45) is 6.47. The fourth-order valence-corrected chi connectivity index (χ4v) is 9.54. The van der Waals surface area contributed by atoms with Crippen molar-refractivity contribution in [2.24, 2.45) is 10.9 Å². The van der Waals surface area contributed by atoms with E-state index in [9.17, 15) is 24.6 Å². The summed E-state index contributed by atoms with van der Waals surface area (Å²) in [7, 11) is 1.52. The highest BCUT2D eigenvalue weighted by molar-refractivity contribution is 6.11. The van der Waals surface area contributed by atoms with Gasteiger partial charge >= 0.3 is 5.97 Å². The van der Waals surface area contributed by atoms with Crippen LogP contribution in [0.3, 0.4) is 0 Å². The fraction of sp³-hybridized carbons (Fsp3) is 0.435. The number of nitrogens with one attached hydrogen (secondary N) is 1. The van der Waals surface area contributed by atoms with Gasteiger partial charge in [0.25, 0.3) is 0 Å². The van der Waals surface area contributed by atoms with Crippen molar-refractivity contribution in [1.29, 1.82) is 0 Å². The lowest BCUT2D eigenvalue weighted by molar-refractivity contribution is -0.141. The highest BCUT2D eigenvalue weighted by Crippen LogP contribution is 2.57. The number of ketones is 1. The number of benzene rings is 3. The van der Waals surface area contributed by atoms with Crippen molar-refractivity contribution >= 4 is 29.7 Å². The number of nitrogens with zero attached hydrogens (tertiary/aromatic N) is 1. The summed E-state index contributed by atoms with van der Waals surface area (Å²) in [5.74, 6) is -0.810. The summed E-state index contributed by atoms with van der Waals surface area (Å²) in [5, 5.41) is 29.0. The van der Waals surface area contributed by atoms with Crippen LogP contribution in [0.5, 0.6) is 17.2 Å². The smallest absolute Gasteiger partial charge is 0.375 e. The van der Waals surface area contributed by atoms with Gasteiger partial charge in [0.15, 0.2) is 6.29 Å². The highest BCUT2D eigenvalue weighted by atomic mass is 16.6. The molecule has 0 aromatic heterocycles. The van der Waals surface area contributed by atoms with E-state index in [1.54, 1.807) is 6.92 Å². The SMILES string of the molecule is CCOC(=O)C1=C(C=O)/C(=C2\CCC(=O)[C@H](c3ccc4c(c3)=CCN=4)C2)c2c(OC)c3c(c(CO)c2O1)O[C@H]([C@](C)(O)[C@@H]1CCN[C@H](CCc2ccccc2)C1)C3. The number of aliphatic hydroxyl groups is 2. The molecule has 2 fully saturated rings. The van der Waals surface area contributed by atoms with Crippen molar-refractivity contribution in [1.82, 2.24) is 5.32 Å². The van der Waals surface area contributed by atoms with E-state index in [1.807, 2.05) is 37.3 Å². The fourth-order valence-electron chi connectivity index (χ4n) is 9.54. The number of aldehydes is 1. The van der Waals surface area contributed by atoms with Crippen LogP contribution in [0.4, 0.5) is 0 Å². The molecule has 298 valence electrons. The molecule has 1 saturated heterocycles. The van der Waals surface area contributed by atoms with E-state index in [-0.39, 0.29) is 59.8 Å². The average Bonchev–Trinajstić information content (AvgIpc) is 3.90. The van der Waals surface area contributed by atoms with Gasteiger partial charge in [0.1, 0.15) is 34.7 Å². The maximum atomic E-state index is 13.6. The molecule has 1 aliphatic carbocycles. The van der Waals surface area contributed by atoms with Gasteiger partial charge in [-0.3, -0.25) is 14.6 Å². The standard InChI is InChI=1S/C46H50N2O9/c1-4-55-45(52)44-34(24-49)39(29-12-15-37(51)32(21-29)27-11-14-36-28(20-27)16-18-48-36)40-42(54-3)33-23-38(56-41(33)35(25-50)43(40)57-44)46(2,53)30-17-19-47-31(22-30)13-10-26-8-6-5-7-9-26/h5-9,11,14,16,20,24,30-32,38,47,50,53H,4,10,12-13,15,17-19,21-23,25H2,1-3H3/b39-29-/t30-,31-,32+,38+,46-/m1/s1. The molecule has 11 heteroatoms. The molecule has 0 radical (unpaired) electrons. The molecule has 0 bridgehead atoms. The summed E-state index contributed by atoms with van der Waals surface area (Å²) in [6.45, 7) is 4.38. The Morgan fingerprint density at radius 1 is 1.12 bits per heavy atom. The van der Waals surface area contributed by atoms with Crippen LogP contribution in [0.15, 0.2) is 70.4 Å². The molecule has 4 aliphatic heterocycles. The lowest BCUT2D eigenvalue weighted by atomic mass is 9.74. The molecule has 0 unspecified atom stereocenters. The van der Waals surface area contributed by atoms with Gasteiger partial charge in [0.2, 0.25) is 5.76 Å². The molecular formula is C46H50N2O9. The zero-order chi connectivity index (χ0) is 39.8. The lowest BCUT2D eigenvalue weighted by Gasteiger charge is -2.42. The summed E-state index contributed by atoms with van der Waals surface area (Å²) < 4.78 is 24.6. The number of carbonyl (C=O) groups is 3. The van der Waals surface area contributed by atoms with Crippen LogP contribution >= 0.6 is 0 Å². The van der Waals surface area contributed by atoms with Crippen LogP contribution in [0.1, 0.15) is 86.1 Å². The van der Waals surface area contributed by atoms with Gasteiger partial charge in [-0.2, -0.15) is 0 Å². The first-order chi connectivity index (χ1) is 27.7. The van der Waals surface area contributed by atoms with E-state index in [4.69, 9.17) is 18.9 Å². The third kappa shape index (κ3) is 7.10. The topological polar surface area (TPSA) is 153 Å². The average molecular weight is 775 g/mol. The quantitative estimate of drug-likeness (QED) is 0.189. The predicted molar refractivity (Wildman–Crippen MR) is 212 cm³/mol. The predicted octanol–water partition coefficient (Wildman–Crippen LogP) is 4.36. The van der Waals surface area contributed by atoms with Gasteiger partial charge in [-0.1, -0.05) is 48.0 Å². The molecule has 0 spiro atoms. The van der Waals surface area contributed by atoms with Gasteiger partial charge in [0, 0.05) is 35.9 Å². The van der Waals surface area contributed by atoms with Gasteiger partial charge in [-0.05, 0) is 93.3 Å². The molecule has 5 atom stereocenters. The maximum absolute atomic E-state index is 13.6. The highest BCUT2D eigenvalue weighted by Gasteiger charge is 2.49. The Labute approximate surface area is 332 Å². The lowest BCUT2D eigenvalue weighted by Crippen LogP contribution is -2.53. The number of aliphatic hydroxyl groups excluding tert-OH is 1. The second-order valence-electron chi connectivity index (χ2n) is 15.9. The molecule has 3 aromatic rings. The Morgan fingerprint density at radius 3 is 2.70 bits per heavy atom. The minimum Gasteiger partial charge on any atom is -0.496 e. The van der Waals surface area contributed by atoms with Crippen LogP contribution in [-0.4, -0.2) is 72.8 Å². The number of rotatable bonds is 11. The molecule has 3 N–H and O–H groups in total. The molecule has 5 aliphatic rings. The third-order valence-corrected chi connectivity index (χ3v) is 12.6. The second-order valence-corrected chi connectivity index (χ2v) is 15.9. The Bertz CT molecular complexity index is 2290. The summed E-state index contributed by atoms with van der Waals surface area (Å²) in [5.41, 5.74) is 3.39. The van der Waals surface area contributed by atoms with Crippen molar-refractivity contribution in [3.63, 3.8) is 0 Å². The van der Waals surface area contributed by atoms with Crippen molar-refractivity contribution in [3.05, 3.63) is 104 Å². The Hall–Kier alpha value is -5.10.